The Morgan fingerprint density at radius 2 is 2.06 bits per heavy atom. The smallest absolute Gasteiger partial charge is 0.328 e. The number of rotatable bonds is 5. The fraction of sp³-hybridized carbons (Fsp3) is 0.833. The van der Waals surface area contributed by atoms with Crippen molar-refractivity contribution in [1.29, 1.82) is 0 Å². The van der Waals surface area contributed by atoms with Crippen molar-refractivity contribution >= 4 is 11.9 Å². The van der Waals surface area contributed by atoms with Crippen LogP contribution in [-0.4, -0.2) is 25.0 Å². The maximum absolute atomic E-state index is 11.8. The summed E-state index contributed by atoms with van der Waals surface area (Å²) in [6.45, 7) is 3.94. The van der Waals surface area contributed by atoms with E-state index in [4.69, 9.17) is 4.74 Å². The fourth-order valence-electron chi connectivity index (χ4n) is 1.74. The summed E-state index contributed by atoms with van der Waals surface area (Å²) >= 11 is 0. The van der Waals surface area contributed by atoms with E-state index in [9.17, 15) is 9.59 Å². The van der Waals surface area contributed by atoms with Gasteiger partial charge in [-0.1, -0.05) is 26.7 Å². The summed E-state index contributed by atoms with van der Waals surface area (Å²) in [6.07, 6.45) is 3.84. The van der Waals surface area contributed by atoms with Crippen LogP contribution < -0.4 is 5.32 Å². The molecule has 0 saturated heterocycles. The number of hydrogen-bond acceptors (Lipinski definition) is 3. The van der Waals surface area contributed by atoms with Crippen LogP contribution in [-0.2, 0) is 14.3 Å². The van der Waals surface area contributed by atoms with E-state index in [0.717, 1.165) is 25.7 Å². The standard InChI is InChI=1S/C12H21NO3/c1-4-8(2)10(12(15)16-3)13-11(14)9-6-5-7-9/h8-10H,4-7H2,1-3H3,(H,13,14). The molecule has 0 radical (unpaired) electrons. The molecule has 0 heterocycles. The maximum Gasteiger partial charge on any atom is 0.328 e. The van der Waals surface area contributed by atoms with E-state index >= 15 is 0 Å². The molecule has 2 unspecified atom stereocenters. The number of carbonyl (C=O) groups is 2. The van der Waals surface area contributed by atoms with Gasteiger partial charge in [0.05, 0.1) is 7.11 Å². The average Bonchev–Trinajstić information content (AvgIpc) is 2.21. The Morgan fingerprint density at radius 1 is 1.44 bits per heavy atom. The van der Waals surface area contributed by atoms with Gasteiger partial charge in [0, 0.05) is 5.92 Å². The normalized spacial score (nSPS) is 19.4. The Bertz CT molecular complexity index is 261. The monoisotopic (exact) mass is 227 g/mol. The van der Waals surface area contributed by atoms with Crippen LogP contribution >= 0.6 is 0 Å². The number of nitrogens with one attached hydrogen (secondary N) is 1. The van der Waals surface area contributed by atoms with Gasteiger partial charge in [-0.3, -0.25) is 4.79 Å². The van der Waals surface area contributed by atoms with Gasteiger partial charge < -0.3 is 10.1 Å². The van der Waals surface area contributed by atoms with Gasteiger partial charge in [-0.25, -0.2) is 4.79 Å². The van der Waals surface area contributed by atoms with Gasteiger partial charge in [-0.15, -0.1) is 0 Å². The molecule has 0 bridgehead atoms. The SMILES string of the molecule is CCC(C)C(NC(=O)C1CCC1)C(=O)OC. The van der Waals surface area contributed by atoms with Crippen molar-refractivity contribution in [3.63, 3.8) is 0 Å². The van der Waals surface area contributed by atoms with Gasteiger partial charge in [0.1, 0.15) is 6.04 Å². The van der Waals surface area contributed by atoms with E-state index in [2.05, 4.69) is 5.32 Å². The number of amides is 1. The molecule has 1 aliphatic carbocycles. The zero-order chi connectivity index (χ0) is 12.1. The second-order valence-electron chi connectivity index (χ2n) is 4.52. The third-order valence-corrected chi connectivity index (χ3v) is 3.44. The van der Waals surface area contributed by atoms with Crippen LogP contribution in [0.5, 0.6) is 0 Å². The van der Waals surface area contributed by atoms with Gasteiger partial charge in [-0.05, 0) is 18.8 Å². The van der Waals surface area contributed by atoms with Crippen LogP contribution in [0.2, 0.25) is 0 Å². The molecular formula is C12H21NO3. The lowest BCUT2D eigenvalue weighted by Gasteiger charge is -2.28. The first kappa shape index (κ1) is 13.0. The molecule has 92 valence electrons. The van der Waals surface area contributed by atoms with Gasteiger partial charge in [0.25, 0.3) is 0 Å². The Balaban J connectivity index is 2.54. The molecule has 4 heteroatoms. The second kappa shape index (κ2) is 5.87. The number of hydrogen-bond donors (Lipinski definition) is 1. The third kappa shape index (κ3) is 2.97. The van der Waals surface area contributed by atoms with E-state index in [1.165, 1.54) is 7.11 Å². The molecule has 2 atom stereocenters. The largest absolute Gasteiger partial charge is 0.467 e. The van der Waals surface area contributed by atoms with Crippen LogP contribution in [0.3, 0.4) is 0 Å². The molecule has 1 saturated carbocycles. The van der Waals surface area contributed by atoms with Crippen molar-refractivity contribution in [3.05, 3.63) is 0 Å². The Hall–Kier alpha value is -1.06. The number of carbonyl (C=O) groups excluding carboxylic acids is 2. The first-order chi connectivity index (χ1) is 7.60. The number of ether oxygens (including phenoxy) is 1. The van der Waals surface area contributed by atoms with Crippen molar-refractivity contribution in [2.24, 2.45) is 11.8 Å². The van der Waals surface area contributed by atoms with Crippen molar-refractivity contribution in [3.8, 4) is 0 Å². The molecular weight excluding hydrogens is 206 g/mol. The number of methoxy groups -OCH3 is 1. The molecule has 0 spiro atoms. The molecule has 1 fully saturated rings. The molecule has 4 nitrogen and oxygen atoms in total. The van der Waals surface area contributed by atoms with E-state index in [0.29, 0.717) is 0 Å². The molecule has 0 aromatic carbocycles. The van der Waals surface area contributed by atoms with Crippen LogP contribution in [0.1, 0.15) is 39.5 Å². The summed E-state index contributed by atoms with van der Waals surface area (Å²) in [5.41, 5.74) is 0. The molecule has 1 rings (SSSR count). The highest BCUT2D eigenvalue weighted by molar-refractivity contribution is 5.86. The van der Waals surface area contributed by atoms with Crippen LogP contribution in [0.4, 0.5) is 0 Å². The summed E-state index contributed by atoms with van der Waals surface area (Å²) < 4.78 is 4.71. The van der Waals surface area contributed by atoms with Gasteiger partial charge in [0.2, 0.25) is 5.91 Å². The molecule has 1 aliphatic rings. The lowest BCUT2D eigenvalue weighted by atomic mass is 9.84. The first-order valence-electron chi connectivity index (χ1n) is 5.98. The average molecular weight is 227 g/mol. The van der Waals surface area contributed by atoms with Crippen LogP contribution in [0.15, 0.2) is 0 Å². The predicted octanol–water partition coefficient (Wildman–Crippen LogP) is 1.49. The molecule has 1 N–H and O–H groups in total. The highest BCUT2D eigenvalue weighted by atomic mass is 16.5. The van der Waals surface area contributed by atoms with Crippen molar-refractivity contribution in [2.75, 3.05) is 7.11 Å². The fourth-order valence-corrected chi connectivity index (χ4v) is 1.74. The van der Waals surface area contributed by atoms with Gasteiger partial charge in [-0.2, -0.15) is 0 Å². The molecule has 16 heavy (non-hydrogen) atoms. The van der Waals surface area contributed by atoms with E-state index in [1.54, 1.807) is 0 Å². The lowest BCUT2D eigenvalue weighted by Crippen LogP contribution is -2.48. The van der Waals surface area contributed by atoms with E-state index < -0.39 is 6.04 Å². The Morgan fingerprint density at radius 3 is 2.44 bits per heavy atom. The lowest BCUT2D eigenvalue weighted by molar-refractivity contribution is -0.147. The van der Waals surface area contributed by atoms with Gasteiger partial charge >= 0.3 is 5.97 Å². The second-order valence-corrected chi connectivity index (χ2v) is 4.52. The summed E-state index contributed by atoms with van der Waals surface area (Å²) in [7, 11) is 1.35. The van der Waals surface area contributed by atoms with Gasteiger partial charge in [0.15, 0.2) is 0 Å². The maximum atomic E-state index is 11.8. The number of esters is 1. The van der Waals surface area contributed by atoms with Crippen LogP contribution in [0.25, 0.3) is 0 Å². The minimum absolute atomic E-state index is 0.00181. The summed E-state index contributed by atoms with van der Waals surface area (Å²) in [5, 5.41) is 2.81. The highest BCUT2D eigenvalue weighted by Crippen LogP contribution is 2.26. The summed E-state index contributed by atoms with van der Waals surface area (Å²) in [5.74, 6) is -0.128. The van der Waals surface area contributed by atoms with Crippen molar-refractivity contribution in [1.82, 2.24) is 5.32 Å². The molecule has 0 aromatic rings. The first-order valence-corrected chi connectivity index (χ1v) is 5.98. The van der Waals surface area contributed by atoms with E-state index in [-0.39, 0.29) is 23.7 Å². The minimum Gasteiger partial charge on any atom is -0.467 e. The Kier molecular flexibility index (Phi) is 4.77. The quantitative estimate of drug-likeness (QED) is 0.724. The Labute approximate surface area is 96.7 Å². The minimum atomic E-state index is -0.497. The molecule has 1 amide bonds. The van der Waals surface area contributed by atoms with Crippen LogP contribution in [0, 0.1) is 11.8 Å². The van der Waals surface area contributed by atoms with Crippen molar-refractivity contribution in [2.45, 2.75) is 45.6 Å². The topological polar surface area (TPSA) is 55.4 Å². The van der Waals surface area contributed by atoms with E-state index in [1.807, 2.05) is 13.8 Å². The summed E-state index contributed by atoms with van der Waals surface area (Å²) in [4.78, 5) is 23.3. The summed E-state index contributed by atoms with van der Waals surface area (Å²) in [6, 6.07) is -0.497. The third-order valence-electron chi connectivity index (χ3n) is 3.44. The zero-order valence-corrected chi connectivity index (χ0v) is 10.3. The van der Waals surface area contributed by atoms with Crippen molar-refractivity contribution < 1.29 is 14.3 Å². The predicted molar refractivity (Wildman–Crippen MR) is 60.7 cm³/mol. The molecule has 0 aliphatic heterocycles. The zero-order valence-electron chi connectivity index (χ0n) is 10.3. The molecule has 0 aromatic heterocycles. The highest BCUT2D eigenvalue weighted by Gasteiger charge is 2.31.